The van der Waals surface area contributed by atoms with Crippen molar-refractivity contribution in [3.63, 3.8) is 0 Å². The topological polar surface area (TPSA) is 66.3 Å². The second kappa shape index (κ2) is 5.44. The molecule has 0 bridgehead atoms. The molecule has 1 amide bonds. The van der Waals surface area contributed by atoms with Crippen LogP contribution in [0.5, 0.6) is 0 Å². The number of carbonyl (C=O) groups excluding carboxylic acids is 1. The number of fused-ring (bicyclic) bond motifs is 1. The van der Waals surface area contributed by atoms with E-state index in [1.165, 1.54) is 4.88 Å². The largest absolute Gasteiger partial charge is 0.389 e. The highest BCUT2D eigenvalue weighted by Gasteiger charge is 2.35. The zero-order valence-electron chi connectivity index (χ0n) is 12.1. The predicted molar refractivity (Wildman–Crippen MR) is 83.4 cm³/mol. The standard InChI is InChI=1S/C16H17N3O2S/c20-12-8-19(9-12)16(21)11-1-2-14-13(7-11)18-15(22-14)10-3-5-17-6-4-10/h3-6,11-12,20H,1-2,7-9H2. The second-order valence-electron chi connectivity index (χ2n) is 5.96. The smallest absolute Gasteiger partial charge is 0.226 e. The average Bonchev–Trinajstić information content (AvgIpc) is 2.95. The van der Waals surface area contributed by atoms with Crippen molar-refractivity contribution in [3.05, 3.63) is 35.1 Å². The molecule has 5 nitrogen and oxygen atoms in total. The zero-order valence-corrected chi connectivity index (χ0v) is 12.9. The van der Waals surface area contributed by atoms with Crippen molar-refractivity contribution < 1.29 is 9.90 Å². The molecule has 1 unspecified atom stereocenters. The lowest BCUT2D eigenvalue weighted by molar-refractivity contribution is -0.146. The maximum Gasteiger partial charge on any atom is 0.226 e. The first-order valence-corrected chi connectivity index (χ1v) is 8.38. The number of nitrogens with zero attached hydrogens (tertiary/aromatic N) is 3. The molecule has 1 saturated heterocycles. The Morgan fingerprint density at radius 2 is 2.09 bits per heavy atom. The van der Waals surface area contributed by atoms with Crippen molar-refractivity contribution in [2.45, 2.75) is 25.4 Å². The summed E-state index contributed by atoms with van der Waals surface area (Å²) < 4.78 is 0. The number of aliphatic hydroxyl groups is 1. The van der Waals surface area contributed by atoms with E-state index in [2.05, 4.69) is 4.98 Å². The number of likely N-dealkylation sites (tertiary alicyclic amines) is 1. The first-order valence-electron chi connectivity index (χ1n) is 7.56. The first kappa shape index (κ1) is 13.8. The quantitative estimate of drug-likeness (QED) is 0.912. The minimum atomic E-state index is -0.333. The summed E-state index contributed by atoms with van der Waals surface area (Å²) in [5.74, 6) is 0.196. The van der Waals surface area contributed by atoms with Gasteiger partial charge in [0.2, 0.25) is 5.91 Å². The van der Waals surface area contributed by atoms with Crippen LogP contribution >= 0.6 is 11.3 Å². The summed E-state index contributed by atoms with van der Waals surface area (Å²) in [6.07, 6.45) is 5.75. The predicted octanol–water partition coefficient (Wildman–Crippen LogP) is 1.51. The van der Waals surface area contributed by atoms with Crippen LogP contribution in [0.1, 0.15) is 17.0 Å². The fourth-order valence-corrected chi connectivity index (χ4v) is 4.21. The fraction of sp³-hybridized carbons (Fsp3) is 0.438. The van der Waals surface area contributed by atoms with Crippen LogP contribution < -0.4 is 0 Å². The Labute approximate surface area is 132 Å². The number of pyridine rings is 1. The molecule has 1 N–H and O–H groups in total. The van der Waals surface area contributed by atoms with Gasteiger partial charge in [-0.2, -0.15) is 0 Å². The lowest BCUT2D eigenvalue weighted by Gasteiger charge is -2.38. The normalized spacial score (nSPS) is 21.3. The van der Waals surface area contributed by atoms with Crippen LogP contribution in [0.4, 0.5) is 0 Å². The Morgan fingerprint density at radius 3 is 2.82 bits per heavy atom. The van der Waals surface area contributed by atoms with Gasteiger partial charge < -0.3 is 10.0 Å². The van der Waals surface area contributed by atoms with E-state index in [9.17, 15) is 9.90 Å². The molecule has 1 fully saturated rings. The van der Waals surface area contributed by atoms with Crippen molar-refractivity contribution >= 4 is 17.2 Å². The number of carbonyl (C=O) groups is 1. The molecule has 1 atom stereocenters. The highest BCUT2D eigenvalue weighted by atomic mass is 32.1. The number of thiazole rings is 1. The van der Waals surface area contributed by atoms with Crippen LogP contribution in [0.2, 0.25) is 0 Å². The first-order chi connectivity index (χ1) is 10.7. The van der Waals surface area contributed by atoms with Crippen LogP contribution in [-0.4, -0.2) is 45.1 Å². The molecule has 0 saturated carbocycles. The summed E-state index contributed by atoms with van der Waals surface area (Å²) in [6.45, 7) is 0.975. The van der Waals surface area contributed by atoms with E-state index in [-0.39, 0.29) is 17.9 Å². The molecule has 114 valence electrons. The molecule has 4 rings (SSSR count). The summed E-state index contributed by atoms with van der Waals surface area (Å²) in [6, 6.07) is 3.93. The third-order valence-electron chi connectivity index (χ3n) is 4.39. The van der Waals surface area contributed by atoms with Gasteiger partial charge >= 0.3 is 0 Å². The van der Waals surface area contributed by atoms with Gasteiger partial charge in [0.05, 0.1) is 11.8 Å². The maximum absolute atomic E-state index is 12.4. The molecular formula is C16H17N3O2S. The molecule has 22 heavy (non-hydrogen) atoms. The van der Waals surface area contributed by atoms with E-state index in [1.807, 2.05) is 12.1 Å². The van der Waals surface area contributed by atoms with E-state index in [0.717, 1.165) is 35.5 Å². The number of β-amino-alcohol motifs (C(OH)–C–C–N with tert-alkyl or cyclic N) is 1. The van der Waals surface area contributed by atoms with Crippen molar-refractivity contribution in [1.82, 2.24) is 14.9 Å². The Morgan fingerprint density at radius 1 is 1.32 bits per heavy atom. The second-order valence-corrected chi connectivity index (χ2v) is 7.05. The molecule has 1 aliphatic carbocycles. The Bertz CT molecular complexity index is 695. The van der Waals surface area contributed by atoms with Crippen molar-refractivity contribution in [2.24, 2.45) is 5.92 Å². The number of amides is 1. The molecule has 0 spiro atoms. The molecule has 2 aromatic rings. The van der Waals surface area contributed by atoms with Crippen LogP contribution in [0.25, 0.3) is 10.6 Å². The molecule has 6 heteroatoms. The maximum atomic E-state index is 12.4. The highest BCUT2D eigenvalue weighted by Crippen LogP contribution is 2.35. The summed E-state index contributed by atoms with van der Waals surface area (Å²) in [5, 5.41) is 10.4. The van der Waals surface area contributed by atoms with Crippen LogP contribution in [0.15, 0.2) is 24.5 Å². The van der Waals surface area contributed by atoms with Gasteiger partial charge in [-0.3, -0.25) is 9.78 Å². The third-order valence-corrected chi connectivity index (χ3v) is 5.59. The minimum absolute atomic E-state index is 0.0207. The molecule has 2 aromatic heterocycles. The van der Waals surface area contributed by atoms with E-state index in [4.69, 9.17) is 4.98 Å². The van der Waals surface area contributed by atoms with Gasteiger partial charge in [0.1, 0.15) is 5.01 Å². The fourth-order valence-electron chi connectivity index (χ4n) is 3.10. The Balaban J connectivity index is 1.52. The summed E-state index contributed by atoms with van der Waals surface area (Å²) in [5.41, 5.74) is 2.16. The number of aliphatic hydroxyl groups excluding tert-OH is 1. The van der Waals surface area contributed by atoms with Crippen molar-refractivity contribution in [3.8, 4) is 10.6 Å². The summed E-state index contributed by atoms with van der Waals surface area (Å²) in [7, 11) is 0. The van der Waals surface area contributed by atoms with Gasteiger partial charge in [-0.25, -0.2) is 4.98 Å². The number of aryl methyl sites for hydroxylation is 1. The summed E-state index contributed by atoms with van der Waals surface area (Å²) >= 11 is 1.73. The molecular weight excluding hydrogens is 298 g/mol. The van der Waals surface area contributed by atoms with Gasteiger partial charge in [0, 0.05) is 48.3 Å². The highest BCUT2D eigenvalue weighted by molar-refractivity contribution is 7.15. The van der Waals surface area contributed by atoms with E-state index < -0.39 is 0 Å². The monoisotopic (exact) mass is 315 g/mol. The van der Waals surface area contributed by atoms with Gasteiger partial charge in [0.25, 0.3) is 0 Å². The Hall–Kier alpha value is -1.79. The number of hydrogen-bond donors (Lipinski definition) is 1. The van der Waals surface area contributed by atoms with Crippen molar-refractivity contribution in [2.75, 3.05) is 13.1 Å². The molecule has 3 heterocycles. The average molecular weight is 315 g/mol. The number of rotatable bonds is 2. The van der Waals surface area contributed by atoms with Crippen molar-refractivity contribution in [1.29, 1.82) is 0 Å². The SMILES string of the molecule is O=C(C1CCc2sc(-c3ccncc3)nc2C1)N1CC(O)C1. The van der Waals surface area contributed by atoms with Crippen LogP contribution in [0, 0.1) is 5.92 Å². The van der Waals surface area contributed by atoms with E-state index in [0.29, 0.717) is 13.1 Å². The molecule has 0 radical (unpaired) electrons. The van der Waals surface area contributed by atoms with Crippen LogP contribution in [-0.2, 0) is 17.6 Å². The molecule has 2 aliphatic rings. The van der Waals surface area contributed by atoms with Gasteiger partial charge in [-0.1, -0.05) is 0 Å². The molecule has 1 aliphatic heterocycles. The van der Waals surface area contributed by atoms with Gasteiger partial charge in [-0.05, 0) is 25.0 Å². The lowest BCUT2D eigenvalue weighted by Crippen LogP contribution is -2.55. The van der Waals surface area contributed by atoms with E-state index in [1.54, 1.807) is 28.6 Å². The lowest BCUT2D eigenvalue weighted by atomic mass is 9.89. The number of aromatic nitrogens is 2. The van der Waals surface area contributed by atoms with Crippen LogP contribution in [0.3, 0.4) is 0 Å². The number of hydrogen-bond acceptors (Lipinski definition) is 5. The zero-order chi connectivity index (χ0) is 15.1. The van der Waals surface area contributed by atoms with Gasteiger partial charge in [0.15, 0.2) is 0 Å². The van der Waals surface area contributed by atoms with Gasteiger partial charge in [-0.15, -0.1) is 11.3 Å². The van der Waals surface area contributed by atoms with E-state index >= 15 is 0 Å². The Kier molecular flexibility index (Phi) is 3.43. The minimum Gasteiger partial charge on any atom is -0.389 e. The molecule has 0 aromatic carbocycles. The third kappa shape index (κ3) is 2.42. The summed E-state index contributed by atoms with van der Waals surface area (Å²) in [4.78, 5) is 24.2.